The molecule has 0 aliphatic heterocycles. The number of halogens is 1. The van der Waals surface area contributed by atoms with Crippen molar-refractivity contribution in [2.24, 2.45) is 0 Å². The molecule has 118 valence electrons. The van der Waals surface area contributed by atoms with Crippen LogP contribution < -0.4 is 5.32 Å². The summed E-state index contributed by atoms with van der Waals surface area (Å²) in [7, 11) is 0. The van der Waals surface area contributed by atoms with Crippen molar-refractivity contribution >= 4 is 23.3 Å². The van der Waals surface area contributed by atoms with Gasteiger partial charge in [0.15, 0.2) is 0 Å². The second-order valence-electron chi connectivity index (χ2n) is 5.91. The molecule has 0 radical (unpaired) electrons. The van der Waals surface area contributed by atoms with E-state index in [0.717, 1.165) is 13.1 Å². The number of unbranched alkanes of at least 4 members (excludes halogenated alkanes) is 3. The van der Waals surface area contributed by atoms with Gasteiger partial charge in [-0.15, -0.1) is 12.4 Å². The van der Waals surface area contributed by atoms with E-state index < -0.39 is 0 Å². The molecule has 0 atom stereocenters. The van der Waals surface area contributed by atoms with Gasteiger partial charge in [-0.1, -0.05) is 44.4 Å². The number of hydrogen-bond acceptors (Lipinski definition) is 1. The van der Waals surface area contributed by atoms with Crippen LogP contribution in [0.3, 0.4) is 0 Å². The zero-order valence-corrected chi connectivity index (χ0v) is 14.4. The highest BCUT2D eigenvalue weighted by Gasteiger charge is 2.09. The average molecular weight is 309 g/mol. The van der Waals surface area contributed by atoms with Crippen LogP contribution in [-0.4, -0.2) is 11.1 Å². The van der Waals surface area contributed by atoms with Crippen LogP contribution in [0.15, 0.2) is 30.5 Å². The number of nitrogens with zero attached hydrogens (tertiary/aromatic N) is 1. The monoisotopic (exact) mass is 308 g/mol. The highest BCUT2D eigenvalue weighted by Crippen LogP contribution is 2.24. The van der Waals surface area contributed by atoms with Crippen molar-refractivity contribution in [2.45, 2.75) is 59.0 Å². The molecular weight excluding hydrogens is 280 g/mol. The molecule has 0 fully saturated rings. The lowest BCUT2D eigenvalue weighted by Crippen LogP contribution is -2.14. The van der Waals surface area contributed by atoms with Crippen LogP contribution in [0.25, 0.3) is 10.9 Å². The number of benzene rings is 1. The molecule has 0 bridgehead atoms. The third kappa shape index (κ3) is 4.76. The average Bonchev–Trinajstić information content (AvgIpc) is 2.82. The molecule has 0 amide bonds. The standard InChI is InChI=1S/C18H28N2.ClH/c1-4-5-6-9-12-19-13-16-14-20(15(2)3)18-11-8-7-10-17(16)18;/h7-8,10-11,14-15,19H,4-6,9,12-13H2,1-3H3;1H. The fraction of sp³-hybridized carbons (Fsp3) is 0.556. The maximum atomic E-state index is 3.59. The fourth-order valence-electron chi connectivity index (χ4n) is 2.75. The van der Waals surface area contributed by atoms with E-state index in [1.807, 2.05) is 0 Å². The van der Waals surface area contributed by atoms with Crippen molar-refractivity contribution in [1.29, 1.82) is 0 Å². The molecule has 2 nitrogen and oxygen atoms in total. The largest absolute Gasteiger partial charge is 0.345 e. The smallest absolute Gasteiger partial charge is 0.0486 e. The van der Waals surface area contributed by atoms with Gasteiger partial charge in [0.2, 0.25) is 0 Å². The molecular formula is C18H29ClN2. The Balaban J connectivity index is 0.00000220. The summed E-state index contributed by atoms with van der Waals surface area (Å²) in [4.78, 5) is 0. The van der Waals surface area contributed by atoms with Crippen molar-refractivity contribution in [3.8, 4) is 0 Å². The van der Waals surface area contributed by atoms with Gasteiger partial charge >= 0.3 is 0 Å². The van der Waals surface area contributed by atoms with E-state index in [1.165, 1.54) is 42.1 Å². The minimum atomic E-state index is 0. The van der Waals surface area contributed by atoms with Crippen molar-refractivity contribution in [2.75, 3.05) is 6.54 Å². The van der Waals surface area contributed by atoms with Gasteiger partial charge in [-0.25, -0.2) is 0 Å². The minimum Gasteiger partial charge on any atom is -0.345 e. The highest BCUT2D eigenvalue weighted by molar-refractivity contribution is 5.85. The maximum Gasteiger partial charge on any atom is 0.0486 e. The molecule has 1 aromatic carbocycles. The predicted octanol–water partition coefficient (Wildman–Crippen LogP) is 5.31. The summed E-state index contributed by atoms with van der Waals surface area (Å²) in [5.41, 5.74) is 2.77. The van der Waals surface area contributed by atoms with E-state index in [0.29, 0.717) is 6.04 Å². The summed E-state index contributed by atoms with van der Waals surface area (Å²) in [6.45, 7) is 8.85. The lowest BCUT2D eigenvalue weighted by atomic mass is 10.1. The van der Waals surface area contributed by atoms with Gasteiger partial charge in [0.05, 0.1) is 0 Å². The van der Waals surface area contributed by atoms with Crippen molar-refractivity contribution in [1.82, 2.24) is 9.88 Å². The van der Waals surface area contributed by atoms with E-state index in [4.69, 9.17) is 0 Å². The van der Waals surface area contributed by atoms with Gasteiger partial charge in [0.25, 0.3) is 0 Å². The van der Waals surface area contributed by atoms with Crippen molar-refractivity contribution in [3.63, 3.8) is 0 Å². The molecule has 0 unspecified atom stereocenters. The minimum absolute atomic E-state index is 0. The van der Waals surface area contributed by atoms with Crippen LogP contribution in [0.1, 0.15) is 58.1 Å². The lowest BCUT2D eigenvalue weighted by molar-refractivity contribution is 0.593. The van der Waals surface area contributed by atoms with Crippen LogP contribution in [0.2, 0.25) is 0 Å². The van der Waals surface area contributed by atoms with E-state index in [1.54, 1.807) is 0 Å². The fourth-order valence-corrected chi connectivity index (χ4v) is 2.75. The van der Waals surface area contributed by atoms with Gasteiger partial charge in [-0.3, -0.25) is 0 Å². The Morgan fingerprint density at radius 2 is 1.86 bits per heavy atom. The van der Waals surface area contributed by atoms with Crippen LogP contribution in [-0.2, 0) is 6.54 Å². The van der Waals surface area contributed by atoms with Gasteiger partial charge in [-0.05, 0) is 38.4 Å². The highest BCUT2D eigenvalue weighted by atomic mass is 35.5. The molecule has 1 N–H and O–H groups in total. The first-order chi connectivity index (χ1) is 9.74. The summed E-state index contributed by atoms with van der Waals surface area (Å²) in [6, 6.07) is 9.24. The Kier molecular flexibility index (Phi) is 7.84. The zero-order chi connectivity index (χ0) is 14.4. The van der Waals surface area contributed by atoms with E-state index in [2.05, 4.69) is 61.1 Å². The molecule has 0 aliphatic rings. The van der Waals surface area contributed by atoms with Gasteiger partial charge in [-0.2, -0.15) is 0 Å². The van der Waals surface area contributed by atoms with Gasteiger partial charge in [0.1, 0.15) is 0 Å². The summed E-state index contributed by atoms with van der Waals surface area (Å²) in [6.07, 6.45) is 7.61. The number of rotatable bonds is 8. The van der Waals surface area contributed by atoms with E-state index >= 15 is 0 Å². The lowest BCUT2D eigenvalue weighted by Gasteiger charge is -2.08. The van der Waals surface area contributed by atoms with Crippen LogP contribution in [0, 0.1) is 0 Å². The Labute approximate surface area is 135 Å². The Hall–Kier alpha value is -0.990. The summed E-state index contributed by atoms with van der Waals surface area (Å²) >= 11 is 0. The quantitative estimate of drug-likeness (QED) is 0.654. The Morgan fingerprint density at radius 3 is 2.57 bits per heavy atom. The normalized spacial score (nSPS) is 11.0. The molecule has 0 saturated carbocycles. The molecule has 1 heterocycles. The summed E-state index contributed by atoms with van der Waals surface area (Å²) in [5, 5.41) is 4.98. The first-order valence-electron chi connectivity index (χ1n) is 8.03. The molecule has 0 saturated heterocycles. The Bertz CT molecular complexity index is 531. The third-order valence-electron chi connectivity index (χ3n) is 3.90. The van der Waals surface area contributed by atoms with Gasteiger partial charge in [0, 0.05) is 29.7 Å². The van der Waals surface area contributed by atoms with Crippen LogP contribution in [0.4, 0.5) is 0 Å². The Morgan fingerprint density at radius 1 is 1.10 bits per heavy atom. The van der Waals surface area contributed by atoms with E-state index in [9.17, 15) is 0 Å². The number of para-hydroxylation sites is 1. The number of nitrogens with one attached hydrogen (secondary N) is 1. The molecule has 2 aromatic rings. The number of hydrogen-bond donors (Lipinski definition) is 1. The molecule has 21 heavy (non-hydrogen) atoms. The first kappa shape index (κ1) is 18.1. The third-order valence-corrected chi connectivity index (χ3v) is 3.90. The summed E-state index contributed by atoms with van der Waals surface area (Å²) < 4.78 is 2.38. The zero-order valence-electron chi connectivity index (χ0n) is 13.6. The number of fused-ring (bicyclic) bond motifs is 1. The topological polar surface area (TPSA) is 17.0 Å². The molecule has 2 rings (SSSR count). The summed E-state index contributed by atoms with van der Waals surface area (Å²) in [5.74, 6) is 0. The first-order valence-corrected chi connectivity index (χ1v) is 8.03. The second kappa shape index (κ2) is 9.11. The van der Waals surface area contributed by atoms with E-state index in [-0.39, 0.29) is 12.4 Å². The molecule has 0 aliphatic carbocycles. The predicted molar refractivity (Wildman–Crippen MR) is 95.4 cm³/mol. The number of aromatic nitrogens is 1. The van der Waals surface area contributed by atoms with Crippen molar-refractivity contribution < 1.29 is 0 Å². The maximum absolute atomic E-state index is 3.59. The van der Waals surface area contributed by atoms with Gasteiger partial charge < -0.3 is 9.88 Å². The van der Waals surface area contributed by atoms with Crippen LogP contribution >= 0.6 is 12.4 Å². The van der Waals surface area contributed by atoms with Crippen molar-refractivity contribution in [3.05, 3.63) is 36.0 Å². The second-order valence-corrected chi connectivity index (χ2v) is 5.91. The molecule has 3 heteroatoms. The van der Waals surface area contributed by atoms with Crippen LogP contribution in [0.5, 0.6) is 0 Å². The molecule has 0 spiro atoms. The SMILES string of the molecule is CCCCCCNCc1cn(C(C)C)c2ccccc12.Cl. The molecule has 1 aromatic heterocycles.